The van der Waals surface area contributed by atoms with Gasteiger partial charge >= 0.3 is 5.97 Å². The molecule has 6 aromatic carbocycles. The third kappa shape index (κ3) is 15.6. The molecule has 0 fully saturated rings. The molecule has 0 aliphatic carbocycles. The number of ketones is 2. The molecule has 31 heteroatoms. The number of amides is 1. The number of rotatable bonds is 21. The molecule has 520 valence electrons. The zero-order chi connectivity index (χ0) is 72.6. The molecule has 12 rings (SSSR count). The molecule has 1 amide bonds. The van der Waals surface area contributed by atoms with Crippen molar-refractivity contribution in [2.45, 2.75) is 20.8 Å². The molecule has 0 bridgehead atoms. The maximum absolute atomic E-state index is 13.6. The van der Waals surface area contributed by atoms with Crippen LogP contribution in [-0.4, -0.2) is 127 Å². The van der Waals surface area contributed by atoms with Crippen LogP contribution in [0.15, 0.2) is 146 Å². The van der Waals surface area contributed by atoms with Crippen LogP contribution in [-0.2, 0) is 4.79 Å². The van der Waals surface area contributed by atoms with Gasteiger partial charge in [0.25, 0.3) is 0 Å². The number of imidazole rings is 3. The van der Waals surface area contributed by atoms with Crippen molar-refractivity contribution in [2.24, 2.45) is 11.1 Å². The molecule has 6 heterocycles. The maximum atomic E-state index is 13.6. The largest absolute Gasteiger partial charge is 0.497 e. The number of carboxylic acids is 1. The second kappa shape index (κ2) is 31.7. The smallest absolute Gasteiger partial charge is 0.336 e. The number of anilines is 6. The normalized spacial score (nSPS) is 11.0. The molecular weight excluding hydrogens is 1430 g/mol. The number of fused-ring (bicyclic) bond motifs is 3. The molecular formula is C70H62Cl6N14O11. The summed E-state index contributed by atoms with van der Waals surface area (Å²) in [6, 6.07) is 30.2. The lowest BCUT2D eigenvalue weighted by atomic mass is 9.95. The highest BCUT2D eigenvalue weighted by Gasteiger charge is 2.31. The fraction of sp³-hybridized carbons (Fsp3) is 0.171. The fourth-order valence-corrected chi connectivity index (χ4v) is 11.8. The second-order valence-corrected chi connectivity index (χ2v) is 24.9. The molecule has 25 nitrogen and oxygen atoms in total. The van der Waals surface area contributed by atoms with E-state index in [1.54, 1.807) is 174 Å². The lowest BCUT2D eigenvalue weighted by molar-refractivity contribution is -0.128. The summed E-state index contributed by atoms with van der Waals surface area (Å²) in [4.78, 5) is 77.8. The molecule has 0 spiro atoms. The van der Waals surface area contributed by atoms with Crippen molar-refractivity contribution in [3.05, 3.63) is 193 Å². The van der Waals surface area contributed by atoms with Crippen LogP contribution in [0.2, 0.25) is 30.1 Å². The molecule has 0 atom stereocenters. The van der Waals surface area contributed by atoms with Gasteiger partial charge in [-0.25, -0.2) is 34.7 Å². The molecule has 0 saturated carbocycles. The van der Waals surface area contributed by atoms with E-state index in [1.807, 2.05) is 0 Å². The van der Waals surface area contributed by atoms with Crippen molar-refractivity contribution in [1.82, 2.24) is 48.4 Å². The minimum atomic E-state index is -1.17. The van der Waals surface area contributed by atoms with E-state index in [0.29, 0.717) is 145 Å². The summed E-state index contributed by atoms with van der Waals surface area (Å²) < 4.78 is 37.9. The molecule has 12 aromatic rings. The van der Waals surface area contributed by atoms with Crippen molar-refractivity contribution in [1.29, 1.82) is 0 Å². The van der Waals surface area contributed by atoms with E-state index in [9.17, 15) is 24.3 Å². The Morgan fingerprint density at radius 1 is 0.455 bits per heavy atom. The lowest BCUT2D eigenvalue weighted by Crippen LogP contribution is -2.38. The van der Waals surface area contributed by atoms with Crippen molar-refractivity contribution in [3.63, 3.8) is 0 Å². The molecule has 0 aliphatic heterocycles. The number of hydrogen-bond donors (Lipinski definition) is 6. The Morgan fingerprint density at radius 2 is 0.762 bits per heavy atom. The summed E-state index contributed by atoms with van der Waals surface area (Å²) in [5.74, 6) is 2.59. The lowest BCUT2D eigenvalue weighted by Gasteiger charge is -2.19. The Labute approximate surface area is 607 Å². The number of para-hydroxylation sites is 3. The van der Waals surface area contributed by atoms with Crippen molar-refractivity contribution in [3.8, 4) is 68.3 Å². The SMILES string of the molecule is COc1cc(OC)c(-c2nc3ncccn3c2Nc2c(Cl)cccc2Cl)c(C(=O)CN)c1.COc1cc(OC)c(-c2nc3ncccn3c2Nc2c(Cl)cccc2Cl)c(C(=O)CNC(=O)C(C)(C)C)c1.COc1cc(OC)c(-c2nc3ncccn3c2Nc2c(Cl)cccc2Cl)c(C(=O)O)c1. The molecule has 0 radical (unpaired) electrons. The predicted molar refractivity (Wildman–Crippen MR) is 391 cm³/mol. The fourth-order valence-electron chi connectivity index (χ4n) is 10.3. The molecule has 6 aromatic heterocycles. The summed E-state index contributed by atoms with van der Waals surface area (Å²) in [6.45, 7) is 4.88. The number of Topliss-reactive ketones (excluding diaryl/α,β-unsaturated/α-hetero) is 2. The van der Waals surface area contributed by atoms with Gasteiger partial charge in [-0.2, -0.15) is 0 Å². The molecule has 0 saturated heterocycles. The van der Waals surface area contributed by atoms with Crippen molar-refractivity contribution >= 4 is 145 Å². The van der Waals surface area contributed by atoms with Crippen LogP contribution in [0.4, 0.5) is 34.5 Å². The molecule has 0 unspecified atom stereocenters. The standard InChI is InChI=1S/C27H27Cl2N5O4.C22H19Cl2N5O3.C21H16Cl2N4O4/c1-27(2,3)25(36)31-14-19(35)16-12-15(37-4)13-20(38-5)21(16)23-24(34-11-7-10-30-26(34)33-23)32-22-17(28)8-6-9-18(22)29;1-31-12-9-13(16(30)11-25)18(17(10-12)32-2)20-21(29-8-4-7-26-22(29)28-20)27-19-14(23)5-3-6-15(19)24;1-30-11-9-12(20(28)29)16(15(10-11)31-2)18-19(27-8-4-7-24-21(27)26-18)25-17-13(22)5-3-6-14(17)23/h6-13,32H,14H2,1-5H3,(H,31,36);3-10,27H,11,25H2,1-2H3;3-10,25H,1-2H3,(H,28,29). The van der Waals surface area contributed by atoms with E-state index in [-0.39, 0.29) is 53.0 Å². The van der Waals surface area contributed by atoms with Crippen LogP contribution in [0.1, 0.15) is 51.8 Å². The maximum Gasteiger partial charge on any atom is 0.336 e. The Kier molecular flexibility index (Phi) is 22.9. The number of methoxy groups -OCH3 is 6. The summed E-state index contributed by atoms with van der Waals surface area (Å²) >= 11 is 38.4. The van der Waals surface area contributed by atoms with Crippen LogP contribution in [0.3, 0.4) is 0 Å². The number of nitrogens with one attached hydrogen (secondary N) is 4. The Hall–Kier alpha value is -10.6. The Morgan fingerprint density at radius 3 is 1.05 bits per heavy atom. The third-order valence-electron chi connectivity index (χ3n) is 15.2. The first-order valence-corrected chi connectivity index (χ1v) is 32.4. The van der Waals surface area contributed by atoms with E-state index >= 15 is 0 Å². The Bertz CT molecular complexity index is 5100. The van der Waals surface area contributed by atoms with E-state index in [4.69, 9.17) is 109 Å². The van der Waals surface area contributed by atoms with Gasteiger partial charge in [-0.3, -0.25) is 27.6 Å². The van der Waals surface area contributed by atoms with E-state index in [2.05, 4.69) is 46.2 Å². The predicted octanol–water partition coefficient (Wildman–Crippen LogP) is 15.6. The van der Waals surface area contributed by atoms with Gasteiger partial charge < -0.3 is 60.5 Å². The number of carbonyl (C=O) groups excluding carboxylic acids is 3. The number of halogens is 6. The zero-order valence-corrected chi connectivity index (χ0v) is 59.7. The van der Waals surface area contributed by atoms with E-state index in [1.165, 1.54) is 48.7 Å². The number of carbonyl (C=O) groups is 4. The number of nitrogens with zero attached hydrogens (tertiary/aromatic N) is 9. The summed E-state index contributed by atoms with van der Waals surface area (Å²) in [5, 5.41) is 24.7. The quantitative estimate of drug-likeness (QED) is 0.0364. The highest BCUT2D eigenvalue weighted by Crippen LogP contribution is 2.47. The minimum absolute atomic E-state index is 0.0482. The summed E-state index contributed by atoms with van der Waals surface area (Å²) in [6.07, 6.45) is 10.1. The topological polar surface area (TPSA) is 309 Å². The number of benzene rings is 6. The number of nitrogens with two attached hydrogens (primary N) is 1. The first-order chi connectivity index (χ1) is 48.5. The van der Waals surface area contributed by atoms with Crippen LogP contribution < -0.4 is 55.4 Å². The molecule has 0 aliphatic rings. The average Bonchev–Trinajstić information content (AvgIpc) is 1.65. The van der Waals surface area contributed by atoms with Gasteiger partial charge in [-0.15, -0.1) is 0 Å². The Balaban J connectivity index is 0.000000164. The van der Waals surface area contributed by atoms with Gasteiger partial charge in [0.2, 0.25) is 23.2 Å². The zero-order valence-electron chi connectivity index (χ0n) is 55.2. The first kappa shape index (κ1) is 73.1. The van der Waals surface area contributed by atoms with Crippen LogP contribution in [0.25, 0.3) is 51.1 Å². The number of carboxylic acid groups (broad SMARTS) is 1. The van der Waals surface area contributed by atoms with E-state index < -0.39 is 11.4 Å². The van der Waals surface area contributed by atoms with Crippen molar-refractivity contribution < 1.29 is 52.7 Å². The average molecular weight is 1490 g/mol. The van der Waals surface area contributed by atoms with Gasteiger partial charge in [0.05, 0.1) is 125 Å². The van der Waals surface area contributed by atoms with Crippen LogP contribution >= 0.6 is 69.6 Å². The van der Waals surface area contributed by atoms with Gasteiger partial charge in [0.1, 0.15) is 69.0 Å². The second-order valence-electron chi connectivity index (χ2n) is 22.5. The highest BCUT2D eigenvalue weighted by molar-refractivity contribution is 6.40. The summed E-state index contributed by atoms with van der Waals surface area (Å²) in [7, 11) is 8.87. The molecule has 101 heavy (non-hydrogen) atoms. The number of hydrogen-bond acceptors (Lipinski definition) is 20. The van der Waals surface area contributed by atoms with Gasteiger partial charge in [-0.1, -0.05) is 109 Å². The minimum Gasteiger partial charge on any atom is -0.497 e. The number of aromatic carboxylic acids is 1. The van der Waals surface area contributed by atoms with Gasteiger partial charge in [0, 0.05) is 71.9 Å². The third-order valence-corrected chi connectivity index (χ3v) is 17.1. The molecule has 7 N–H and O–H groups in total. The first-order valence-electron chi connectivity index (χ1n) is 30.2. The number of aromatic nitrogens is 9. The van der Waals surface area contributed by atoms with Crippen LogP contribution in [0.5, 0.6) is 34.5 Å². The summed E-state index contributed by atoms with van der Waals surface area (Å²) in [5.41, 5.74) is 9.09. The van der Waals surface area contributed by atoms with E-state index in [0.717, 1.165) is 0 Å². The van der Waals surface area contributed by atoms with Gasteiger partial charge in [0.15, 0.2) is 11.6 Å². The number of ether oxygens (including phenoxy) is 6. The highest BCUT2D eigenvalue weighted by atomic mass is 35.5. The van der Waals surface area contributed by atoms with Crippen LogP contribution in [0, 0.1) is 5.41 Å². The van der Waals surface area contributed by atoms with Crippen molar-refractivity contribution in [2.75, 3.05) is 71.7 Å². The monoisotopic (exact) mass is 1480 g/mol. The van der Waals surface area contributed by atoms with Gasteiger partial charge in [-0.05, 0) is 72.8 Å².